The predicted molar refractivity (Wildman–Crippen MR) is 252 cm³/mol. The standard InChI is InChI=1S/C58H39NO/c1-3-5-15-37(4-2)41-26-32-54-48(34-41)49-35-42(38-16-7-6-8-17-38)27-33-55(49)59(54)43-28-29-47-46-22-13-14-23-50(46)58(53(47)36-43)51-30-24-39-18-9-11-20-44(39)56(51)60-57-45-21-12-10-19-40(45)25-31-52(57)58/h3-36H,2H2,1H3/b5-3-,37-15+. The van der Waals surface area contributed by atoms with Crippen molar-refractivity contribution in [1.82, 2.24) is 4.57 Å². The highest BCUT2D eigenvalue weighted by Crippen LogP contribution is 2.64. The first-order valence-electron chi connectivity index (χ1n) is 20.7. The Bertz CT molecular complexity index is 3400. The van der Waals surface area contributed by atoms with Crippen LogP contribution >= 0.6 is 0 Å². The summed E-state index contributed by atoms with van der Waals surface area (Å²) in [7, 11) is 0. The lowest BCUT2D eigenvalue weighted by atomic mass is 9.65. The Morgan fingerprint density at radius 2 is 1.15 bits per heavy atom. The predicted octanol–water partition coefficient (Wildman–Crippen LogP) is 15.4. The molecule has 0 bridgehead atoms. The molecule has 0 fully saturated rings. The van der Waals surface area contributed by atoms with Gasteiger partial charge in [0.1, 0.15) is 11.5 Å². The number of ether oxygens (including phenoxy) is 1. The van der Waals surface area contributed by atoms with Gasteiger partial charge in [-0.25, -0.2) is 0 Å². The minimum Gasteiger partial charge on any atom is -0.455 e. The topological polar surface area (TPSA) is 14.2 Å². The van der Waals surface area contributed by atoms with E-state index in [1.807, 2.05) is 13.0 Å². The van der Waals surface area contributed by atoms with Gasteiger partial charge in [0.15, 0.2) is 0 Å². The highest BCUT2D eigenvalue weighted by Gasteiger charge is 2.52. The van der Waals surface area contributed by atoms with Gasteiger partial charge in [0.25, 0.3) is 0 Å². The van der Waals surface area contributed by atoms with Crippen LogP contribution in [0.3, 0.4) is 0 Å². The van der Waals surface area contributed by atoms with Crippen molar-refractivity contribution >= 4 is 48.9 Å². The van der Waals surface area contributed by atoms with E-state index in [1.165, 1.54) is 44.2 Å². The van der Waals surface area contributed by atoms with Gasteiger partial charge in [-0.05, 0) is 98.6 Å². The summed E-state index contributed by atoms with van der Waals surface area (Å²) in [6, 6.07) is 67.0. The molecule has 60 heavy (non-hydrogen) atoms. The van der Waals surface area contributed by atoms with Gasteiger partial charge in [0, 0.05) is 38.4 Å². The molecule has 1 aliphatic heterocycles. The number of allylic oxidation sites excluding steroid dienone is 5. The van der Waals surface area contributed by atoms with E-state index in [1.54, 1.807) is 0 Å². The summed E-state index contributed by atoms with van der Waals surface area (Å²) in [6.45, 7) is 6.22. The Morgan fingerprint density at radius 3 is 1.87 bits per heavy atom. The third-order valence-electron chi connectivity index (χ3n) is 13.0. The van der Waals surface area contributed by atoms with E-state index >= 15 is 0 Å². The molecular formula is C58H39NO. The van der Waals surface area contributed by atoms with Crippen LogP contribution in [0, 0.1) is 0 Å². The fraction of sp³-hybridized carbons (Fsp3) is 0.0345. The Hall–Kier alpha value is -7.68. The fourth-order valence-corrected chi connectivity index (χ4v) is 10.3. The molecule has 0 radical (unpaired) electrons. The molecule has 1 aliphatic carbocycles. The maximum absolute atomic E-state index is 7.23. The second-order valence-electron chi connectivity index (χ2n) is 16.0. The summed E-state index contributed by atoms with van der Waals surface area (Å²) in [5.74, 6) is 1.85. The molecule has 2 nitrogen and oxygen atoms in total. The minimum atomic E-state index is -0.637. The van der Waals surface area contributed by atoms with Gasteiger partial charge in [-0.2, -0.15) is 0 Å². The van der Waals surface area contributed by atoms with Crippen LogP contribution in [0.2, 0.25) is 0 Å². The molecule has 0 saturated carbocycles. The zero-order chi connectivity index (χ0) is 40.0. The molecule has 0 unspecified atom stereocenters. The molecule has 2 heterocycles. The van der Waals surface area contributed by atoms with Gasteiger partial charge < -0.3 is 9.30 Å². The van der Waals surface area contributed by atoms with Crippen molar-refractivity contribution < 1.29 is 4.74 Å². The van der Waals surface area contributed by atoms with Gasteiger partial charge in [0.05, 0.1) is 16.4 Å². The van der Waals surface area contributed by atoms with Crippen LogP contribution < -0.4 is 4.74 Å². The third-order valence-corrected chi connectivity index (χ3v) is 13.0. The number of fused-ring (bicyclic) bond motifs is 16. The Labute approximate surface area is 349 Å². The normalized spacial score (nSPS) is 13.8. The molecule has 2 heteroatoms. The molecule has 0 atom stereocenters. The van der Waals surface area contributed by atoms with Gasteiger partial charge in [0.2, 0.25) is 0 Å². The first-order valence-corrected chi connectivity index (χ1v) is 20.7. The quantitative estimate of drug-likeness (QED) is 0.159. The van der Waals surface area contributed by atoms with Crippen LogP contribution in [0.4, 0.5) is 0 Å². The largest absolute Gasteiger partial charge is 0.455 e. The van der Waals surface area contributed by atoms with Gasteiger partial charge >= 0.3 is 0 Å². The van der Waals surface area contributed by atoms with Gasteiger partial charge in [-0.3, -0.25) is 0 Å². The third kappa shape index (κ3) is 4.76. The van der Waals surface area contributed by atoms with E-state index in [0.717, 1.165) is 72.0 Å². The number of hydrogen-bond donors (Lipinski definition) is 0. The van der Waals surface area contributed by atoms with Crippen LogP contribution in [-0.4, -0.2) is 4.57 Å². The molecule has 0 amide bonds. The smallest absolute Gasteiger partial charge is 0.140 e. The van der Waals surface area contributed by atoms with Gasteiger partial charge in [-0.15, -0.1) is 0 Å². The summed E-state index contributed by atoms with van der Waals surface area (Å²) in [4.78, 5) is 0. The molecule has 1 spiro atoms. The summed E-state index contributed by atoms with van der Waals surface area (Å²) in [5, 5.41) is 6.97. The molecule has 12 rings (SSSR count). The summed E-state index contributed by atoms with van der Waals surface area (Å²) in [6.07, 6.45) is 8.22. The second-order valence-corrected chi connectivity index (χ2v) is 16.0. The van der Waals surface area contributed by atoms with Crippen LogP contribution in [0.15, 0.2) is 213 Å². The van der Waals surface area contributed by atoms with Crippen LogP contribution in [0.1, 0.15) is 34.7 Å². The van der Waals surface area contributed by atoms with Crippen molar-refractivity contribution in [1.29, 1.82) is 0 Å². The molecule has 9 aromatic carbocycles. The van der Waals surface area contributed by atoms with Crippen molar-refractivity contribution in [2.24, 2.45) is 0 Å². The maximum atomic E-state index is 7.23. The Balaban J connectivity index is 1.18. The van der Waals surface area contributed by atoms with Crippen molar-refractivity contribution in [2.45, 2.75) is 12.3 Å². The van der Waals surface area contributed by atoms with E-state index < -0.39 is 5.41 Å². The number of nitrogens with zero attached hydrogens (tertiary/aromatic N) is 1. The lowest BCUT2D eigenvalue weighted by molar-refractivity contribution is 0.447. The van der Waals surface area contributed by atoms with Crippen molar-refractivity contribution in [3.63, 3.8) is 0 Å². The molecule has 2 aliphatic rings. The Morgan fingerprint density at radius 1 is 0.517 bits per heavy atom. The SMILES string of the molecule is C=C/C(=C\C=C/C)c1ccc2c(c1)c1cc(-c3ccccc3)ccc1n2-c1ccc2c(c1)C1(c3ccccc3-2)c2ccc3ccccc3c2Oc2c1ccc1ccccc21. The van der Waals surface area contributed by atoms with Crippen LogP contribution in [0.25, 0.3) is 76.9 Å². The fourth-order valence-electron chi connectivity index (χ4n) is 10.3. The monoisotopic (exact) mass is 765 g/mol. The summed E-state index contributed by atoms with van der Waals surface area (Å²) in [5.41, 5.74) is 14.8. The first kappa shape index (κ1) is 34.4. The summed E-state index contributed by atoms with van der Waals surface area (Å²) < 4.78 is 9.69. The van der Waals surface area contributed by atoms with Crippen molar-refractivity contribution in [2.75, 3.05) is 0 Å². The lowest BCUT2D eigenvalue weighted by Crippen LogP contribution is -2.32. The minimum absolute atomic E-state index is 0.637. The number of rotatable bonds is 5. The van der Waals surface area contributed by atoms with E-state index in [0.29, 0.717) is 0 Å². The van der Waals surface area contributed by atoms with Crippen LogP contribution in [0.5, 0.6) is 11.5 Å². The second kappa shape index (κ2) is 13.2. The van der Waals surface area contributed by atoms with Crippen molar-refractivity contribution in [3.8, 4) is 39.4 Å². The molecular weight excluding hydrogens is 727 g/mol. The lowest BCUT2D eigenvalue weighted by Gasteiger charge is -2.40. The highest BCUT2D eigenvalue weighted by atomic mass is 16.5. The molecule has 10 aromatic rings. The van der Waals surface area contributed by atoms with Gasteiger partial charge in [-0.1, -0.05) is 176 Å². The average molecular weight is 766 g/mol. The number of aromatic nitrogens is 1. The maximum Gasteiger partial charge on any atom is 0.140 e. The Kier molecular flexibility index (Phi) is 7.55. The van der Waals surface area contributed by atoms with E-state index in [4.69, 9.17) is 4.74 Å². The van der Waals surface area contributed by atoms with E-state index in [2.05, 4.69) is 211 Å². The van der Waals surface area contributed by atoms with E-state index in [9.17, 15) is 0 Å². The van der Waals surface area contributed by atoms with Crippen LogP contribution in [-0.2, 0) is 5.41 Å². The first-order chi connectivity index (χ1) is 29.7. The van der Waals surface area contributed by atoms with Crippen molar-refractivity contribution in [3.05, 3.63) is 241 Å². The van der Waals surface area contributed by atoms with E-state index in [-0.39, 0.29) is 0 Å². The summed E-state index contributed by atoms with van der Waals surface area (Å²) >= 11 is 0. The zero-order valence-electron chi connectivity index (χ0n) is 33.2. The number of hydrogen-bond acceptors (Lipinski definition) is 1. The molecule has 0 N–H and O–H groups in total. The molecule has 282 valence electrons. The molecule has 1 aromatic heterocycles. The highest BCUT2D eigenvalue weighted by molar-refractivity contribution is 6.12. The molecule has 0 saturated heterocycles. The number of benzene rings is 9. The average Bonchev–Trinajstić information content (AvgIpc) is 3.79. The zero-order valence-corrected chi connectivity index (χ0v) is 33.2.